The minimum Gasteiger partial charge on any atom is -0.491 e. The van der Waals surface area contributed by atoms with Gasteiger partial charge in [0.2, 0.25) is 0 Å². The molecular weight excluding hydrogens is 454 g/mol. The third kappa shape index (κ3) is 5.49. The van der Waals surface area contributed by atoms with Crippen LogP contribution in [0.4, 0.5) is 17.2 Å². The summed E-state index contributed by atoms with van der Waals surface area (Å²) in [4.78, 5) is 6.68. The normalized spacial score (nSPS) is 13.8. The standard InChI is InChI=1S/C28H27N5O3/c29-19-20-17-21(5-7-26(20)35-16-13-33-11-14-34-15-12-33)32-28-18-22(9-10-31-28)36-27-8-6-25(30)23-3-1-2-4-24(23)27/h1-10,17-18H,11-16,30H2,(H,31,32). The number of nitrogen functional groups attached to an aromatic ring is 1. The molecule has 1 aliphatic rings. The van der Waals surface area contributed by atoms with Gasteiger partial charge in [0.05, 0.1) is 18.8 Å². The summed E-state index contributed by atoms with van der Waals surface area (Å²) in [5.41, 5.74) is 8.01. The van der Waals surface area contributed by atoms with Gasteiger partial charge in [-0.2, -0.15) is 5.26 Å². The Morgan fingerprint density at radius 1 is 1.00 bits per heavy atom. The highest BCUT2D eigenvalue weighted by atomic mass is 16.5. The summed E-state index contributed by atoms with van der Waals surface area (Å²) in [7, 11) is 0. The number of nitrogens with zero attached hydrogens (tertiary/aromatic N) is 3. The van der Waals surface area contributed by atoms with E-state index in [0.29, 0.717) is 40.9 Å². The van der Waals surface area contributed by atoms with Crippen LogP contribution in [0.3, 0.4) is 0 Å². The molecule has 0 saturated carbocycles. The quantitative estimate of drug-likeness (QED) is 0.341. The van der Waals surface area contributed by atoms with Crippen LogP contribution >= 0.6 is 0 Å². The van der Waals surface area contributed by atoms with Crippen molar-refractivity contribution >= 4 is 28.0 Å². The van der Waals surface area contributed by atoms with Crippen molar-refractivity contribution in [3.05, 3.63) is 78.5 Å². The van der Waals surface area contributed by atoms with Gasteiger partial charge in [-0.1, -0.05) is 24.3 Å². The molecule has 3 aromatic carbocycles. The fourth-order valence-electron chi connectivity index (χ4n) is 4.13. The molecule has 3 N–H and O–H groups in total. The Hall–Kier alpha value is -4.32. The number of ether oxygens (including phenoxy) is 3. The summed E-state index contributed by atoms with van der Waals surface area (Å²) >= 11 is 0. The zero-order chi connectivity index (χ0) is 24.7. The van der Waals surface area contributed by atoms with Crippen LogP contribution < -0.4 is 20.5 Å². The fraction of sp³-hybridized carbons (Fsp3) is 0.214. The number of nitriles is 1. The Balaban J connectivity index is 1.26. The van der Waals surface area contributed by atoms with Crippen LogP contribution in [0, 0.1) is 11.3 Å². The summed E-state index contributed by atoms with van der Waals surface area (Å²) in [5.74, 6) is 2.50. The summed E-state index contributed by atoms with van der Waals surface area (Å²) in [6.45, 7) is 4.63. The topological polar surface area (TPSA) is 106 Å². The summed E-state index contributed by atoms with van der Waals surface area (Å²) < 4.78 is 17.4. The van der Waals surface area contributed by atoms with Crippen LogP contribution in [0.1, 0.15) is 5.56 Å². The lowest BCUT2D eigenvalue weighted by molar-refractivity contribution is 0.0322. The van der Waals surface area contributed by atoms with E-state index in [1.165, 1.54) is 0 Å². The van der Waals surface area contributed by atoms with Crippen LogP contribution in [-0.2, 0) is 4.74 Å². The third-order valence-corrected chi connectivity index (χ3v) is 6.02. The number of nitrogens with one attached hydrogen (secondary N) is 1. The molecule has 1 aliphatic heterocycles. The zero-order valence-electron chi connectivity index (χ0n) is 19.8. The van der Waals surface area contributed by atoms with Crippen molar-refractivity contribution in [3.8, 4) is 23.3 Å². The van der Waals surface area contributed by atoms with Gasteiger partial charge >= 0.3 is 0 Å². The number of hydrogen-bond acceptors (Lipinski definition) is 8. The lowest BCUT2D eigenvalue weighted by atomic mass is 10.1. The summed E-state index contributed by atoms with van der Waals surface area (Å²) in [6, 6.07) is 22.8. The van der Waals surface area contributed by atoms with Crippen LogP contribution in [-0.4, -0.2) is 49.3 Å². The maximum absolute atomic E-state index is 9.64. The van der Waals surface area contributed by atoms with Crippen LogP contribution in [0.5, 0.6) is 17.2 Å². The average molecular weight is 482 g/mol. The number of morpholine rings is 1. The van der Waals surface area contributed by atoms with Gasteiger partial charge < -0.3 is 25.3 Å². The fourth-order valence-corrected chi connectivity index (χ4v) is 4.13. The minimum atomic E-state index is 0.461. The molecule has 1 fully saturated rings. The highest BCUT2D eigenvalue weighted by molar-refractivity contribution is 5.97. The lowest BCUT2D eigenvalue weighted by Crippen LogP contribution is -2.38. The number of nitrogens with two attached hydrogens (primary N) is 1. The summed E-state index contributed by atoms with van der Waals surface area (Å²) in [6.07, 6.45) is 1.67. The van der Waals surface area contributed by atoms with Crippen molar-refractivity contribution < 1.29 is 14.2 Å². The second kappa shape index (κ2) is 11.0. The SMILES string of the molecule is N#Cc1cc(Nc2cc(Oc3ccc(N)c4ccccc34)ccn2)ccc1OCCN1CCOCC1. The molecule has 5 rings (SSSR count). The molecule has 0 radical (unpaired) electrons. The Morgan fingerprint density at radius 2 is 1.81 bits per heavy atom. The number of hydrogen-bond donors (Lipinski definition) is 2. The van der Waals surface area contributed by atoms with E-state index in [9.17, 15) is 5.26 Å². The molecule has 0 atom stereocenters. The first-order chi connectivity index (χ1) is 17.7. The highest BCUT2D eigenvalue weighted by Crippen LogP contribution is 2.34. The monoisotopic (exact) mass is 481 g/mol. The second-order valence-electron chi connectivity index (χ2n) is 8.43. The van der Waals surface area contributed by atoms with Gasteiger partial charge in [-0.25, -0.2) is 4.98 Å². The molecule has 36 heavy (non-hydrogen) atoms. The smallest absolute Gasteiger partial charge is 0.137 e. The molecule has 4 aromatic rings. The number of rotatable bonds is 8. The molecule has 0 unspecified atom stereocenters. The number of benzene rings is 3. The van der Waals surface area contributed by atoms with Gasteiger partial charge in [0.1, 0.15) is 35.7 Å². The van der Waals surface area contributed by atoms with Crippen molar-refractivity contribution in [1.82, 2.24) is 9.88 Å². The highest BCUT2D eigenvalue weighted by Gasteiger charge is 2.12. The average Bonchev–Trinajstić information content (AvgIpc) is 2.92. The predicted molar refractivity (Wildman–Crippen MR) is 140 cm³/mol. The Kier molecular flexibility index (Phi) is 7.12. The largest absolute Gasteiger partial charge is 0.491 e. The van der Waals surface area contributed by atoms with E-state index in [2.05, 4.69) is 21.3 Å². The molecule has 0 aliphatic carbocycles. The van der Waals surface area contributed by atoms with Crippen molar-refractivity contribution in [1.29, 1.82) is 5.26 Å². The minimum absolute atomic E-state index is 0.461. The van der Waals surface area contributed by atoms with E-state index in [1.54, 1.807) is 24.4 Å². The third-order valence-electron chi connectivity index (χ3n) is 6.02. The van der Waals surface area contributed by atoms with Crippen molar-refractivity contribution in [2.24, 2.45) is 0 Å². The molecule has 0 amide bonds. The van der Waals surface area contributed by atoms with E-state index < -0.39 is 0 Å². The maximum atomic E-state index is 9.64. The first kappa shape index (κ1) is 23.4. The van der Waals surface area contributed by atoms with Crippen LogP contribution in [0.25, 0.3) is 10.8 Å². The number of anilines is 3. The Morgan fingerprint density at radius 3 is 2.64 bits per heavy atom. The molecule has 8 heteroatoms. The number of aromatic nitrogens is 1. The van der Waals surface area contributed by atoms with Gasteiger partial charge in [0, 0.05) is 54.0 Å². The van der Waals surface area contributed by atoms with E-state index in [4.69, 9.17) is 19.9 Å². The van der Waals surface area contributed by atoms with Gasteiger partial charge in [0.15, 0.2) is 0 Å². The van der Waals surface area contributed by atoms with E-state index >= 15 is 0 Å². The number of fused-ring (bicyclic) bond motifs is 1. The summed E-state index contributed by atoms with van der Waals surface area (Å²) in [5, 5.41) is 14.8. The van der Waals surface area contributed by atoms with Gasteiger partial charge in [-0.05, 0) is 36.4 Å². The Bertz CT molecular complexity index is 1400. The Labute approximate surface area is 209 Å². The first-order valence-electron chi connectivity index (χ1n) is 11.8. The van der Waals surface area contributed by atoms with E-state index in [-0.39, 0.29) is 0 Å². The molecule has 2 heterocycles. The maximum Gasteiger partial charge on any atom is 0.137 e. The van der Waals surface area contributed by atoms with E-state index in [1.807, 2.05) is 48.5 Å². The van der Waals surface area contributed by atoms with Crippen LogP contribution in [0.15, 0.2) is 72.9 Å². The van der Waals surface area contributed by atoms with Gasteiger partial charge in [0.25, 0.3) is 0 Å². The molecule has 0 spiro atoms. The molecular formula is C28H27N5O3. The lowest BCUT2D eigenvalue weighted by Gasteiger charge is -2.26. The van der Waals surface area contributed by atoms with E-state index in [0.717, 1.165) is 49.3 Å². The first-order valence-corrected chi connectivity index (χ1v) is 11.8. The predicted octanol–water partition coefficient (Wildman–Crippen LogP) is 4.94. The molecule has 1 saturated heterocycles. The second-order valence-corrected chi connectivity index (χ2v) is 8.43. The van der Waals surface area contributed by atoms with Gasteiger partial charge in [-0.3, -0.25) is 4.90 Å². The molecule has 8 nitrogen and oxygen atoms in total. The van der Waals surface area contributed by atoms with Crippen molar-refractivity contribution in [2.75, 3.05) is 50.5 Å². The molecule has 1 aromatic heterocycles. The zero-order valence-corrected chi connectivity index (χ0v) is 19.8. The molecule has 182 valence electrons. The van der Waals surface area contributed by atoms with Gasteiger partial charge in [-0.15, -0.1) is 0 Å². The van der Waals surface area contributed by atoms with Crippen molar-refractivity contribution in [2.45, 2.75) is 0 Å². The van der Waals surface area contributed by atoms with Crippen LogP contribution in [0.2, 0.25) is 0 Å². The number of pyridine rings is 1. The molecule has 0 bridgehead atoms. The van der Waals surface area contributed by atoms with Crippen molar-refractivity contribution in [3.63, 3.8) is 0 Å².